The van der Waals surface area contributed by atoms with Crippen LogP contribution in [0.5, 0.6) is 5.75 Å². The van der Waals surface area contributed by atoms with E-state index in [0.717, 1.165) is 0 Å². The van der Waals surface area contributed by atoms with Crippen LogP contribution < -0.4 is 10.9 Å². The van der Waals surface area contributed by atoms with Crippen LogP contribution in [-0.4, -0.2) is 36.2 Å². The highest BCUT2D eigenvalue weighted by Crippen LogP contribution is 2.35. The van der Waals surface area contributed by atoms with Gasteiger partial charge in [-0.15, -0.1) is 0 Å². The van der Waals surface area contributed by atoms with E-state index < -0.39 is 23.5 Å². The largest absolute Gasteiger partial charge is 0.506 e. The molecule has 2 aromatic heterocycles. The first-order chi connectivity index (χ1) is 17.7. The maximum Gasteiger partial charge on any atom is 0.335 e. The van der Waals surface area contributed by atoms with E-state index in [2.05, 4.69) is 10.3 Å². The van der Waals surface area contributed by atoms with Crippen molar-refractivity contribution in [3.05, 3.63) is 93.3 Å². The minimum atomic E-state index is -1.08. The molecule has 0 fully saturated rings. The molecular weight excluding hydrogens is 519 g/mol. The fourth-order valence-electron chi connectivity index (χ4n) is 3.97. The van der Waals surface area contributed by atoms with E-state index in [1.807, 2.05) is 6.92 Å². The molecule has 2 aromatic carbocycles. The van der Waals surface area contributed by atoms with Crippen molar-refractivity contribution in [1.29, 1.82) is 0 Å². The van der Waals surface area contributed by atoms with Crippen molar-refractivity contribution >= 4 is 40.8 Å². The average Bonchev–Trinajstić information content (AvgIpc) is 3.30. The first-order valence-electron chi connectivity index (χ1n) is 11.3. The van der Waals surface area contributed by atoms with Crippen molar-refractivity contribution < 1.29 is 19.8 Å². The molecule has 0 radical (unpaired) electrons. The van der Waals surface area contributed by atoms with Gasteiger partial charge in [0, 0.05) is 34.1 Å². The number of benzene rings is 2. The van der Waals surface area contributed by atoms with Crippen LogP contribution in [-0.2, 0) is 4.79 Å². The second-order valence-corrected chi connectivity index (χ2v) is 9.08. The summed E-state index contributed by atoms with van der Waals surface area (Å²) in [5.74, 6) is -1.78. The molecule has 1 atom stereocenters. The van der Waals surface area contributed by atoms with E-state index in [9.17, 15) is 19.5 Å². The summed E-state index contributed by atoms with van der Waals surface area (Å²) < 4.78 is 2.82. The predicted octanol–water partition coefficient (Wildman–Crippen LogP) is 5.39. The number of rotatable bonds is 8. The quantitative estimate of drug-likeness (QED) is 0.275. The van der Waals surface area contributed by atoms with E-state index in [0.29, 0.717) is 34.8 Å². The molecule has 1 unspecified atom stereocenters. The van der Waals surface area contributed by atoms with Gasteiger partial charge in [0.15, 0.2) is 0 Å². The van der Waals surface area contributed by atoms with E-state index in [4.69, 9.17) is 28.3 Å². The van der Waals surface area contributed by atoms with Gasteiger partial charge in [-0.3, -0.25) is 14.2 Å². The highest BCUT2D eigenvalue weighted by atomic mass is 35.5. The molecule has 4 rings (SSSR count). The van der Waals surface area contributed by atoms with E-state index >= 15 is 0 Å². The van der Waals surface area contributed by atoms with E-state index in [1.54, 1.807) is 29.0 Å². The number of anilines is 1. The molecular formula is C26H22Cl2N4O5. The Labute approximate surface area is 221 Å². The smallest absolute Gasteiger partial charge is 0.335 e. The molecule has 1 amide bonds. The van der Waals surface area contributed by atoms with Crippen molar-refractivity contribution in [2.75, 3.05) is 5.32 Å². The summed E-state index contributed by atoms with van der Waals surface area (Å²) in [7, 11) is 0. The number of imidazole rings is 1. The molecule has 190 valence electrons. The molecule has 11 heteroatoms. The van der Waals surface area contributed by atoms with Crippen LogP contribution in [0, 0.1) is 0 Å². The predicted molar refractivity (Wildman–Crippen MR) is 141 cm³/mol. The molecule has 0 aliphatic carbocycles. The molecule has 0 aliphatic rings. The number of amides is 1. The Morgan fingerprint density at radius 3 is 2.41 bits per heavy atom. The summed E-state index contributed by atoms with van der Waals surface area (Å²) in [6.07, 6.45) is 5.23. The Hall–Kier alpha value is -4.08. The van der Waals surface area contributed by atoms with Gasteiger partial charge in [-0.25, -0.2) is 9.78 Å². The van der Waals surface area contributed by atoms with Gasteiger partial charge >= 0.3 is 5.97 Å². The fraction of sp³-hybridized carbons (Fsp3) is 0.154. The number of aromatic nitrogens is 3. The number of hydrogen-bond acceptors (Lipinski definition) is 5. The SMILES string of the molecule is CCCC(C(=O)Nc1ccc(C(=O)O)cc1)n1cc(O)c(-c2cc(Cl)ccc2-n2cnc(Cl)c2)cc1=O. The van der Waals surface area contributed by atoms with Crippen LogP contribution in [0.4, 0.5) is 5.69 Å². The van der Waals surface area contributed by atoms with Crippen LogP contribution >= 0.6 is 23.2 Å². The Morgan fingerprint density at radius 1 is 1.05 bits per heavy atom. The van der Waals surface area contributed by atoms with Gasteiger partial charge in [0.05, 0.1) is 17.4 Å². The molecule has 0 aliphatic heterocycles. The summed E-state index contributed by atoms with van der Waals surface area (Å²) in [5, 5.41) is 23.4. The van der Waals surface area contributed by atoms with Crippen LogP contribution in [0.25, 0.3) is 16.8 Å². The molecule has 2 heterocycles. The van der Waals surface area contributed by atoms with Crippen molar-refractivity contribution in [2.24, 2.45) is 0 Å². The minimum absolute atomic E-state index is 0.0817. The molecule has 4 aromatic rings. The maximum atomic E-state index is 13.2. The van der Waals surface area contributed by atoms with Crippen molar-refractivity contribution in [2.45, 2.75) is 25.8 Å². The third-order valence-corrected chi connectivity index (χ3v) is 6.17. The first-order valence-corrected chi connectivity index (χ1v) is 12.0. The molecule has 37 heavy (non-hydrogen) atoms. The van der Waals surface area contributed by atoms with E-state index in [-0.39, 0.29) is 22.0 Å². The standard InChI is InChI=1S/C26H22Cl2N4O5/c1-2-3-21(25(35)30-17-7-4-15(5-8-17)26(36)37)32-12-22(33)19(11-24(32)34)18-10-16(27)6-9-20(18)31-13-23(28)29-14-31/h4-14,21,33H,2-3H2,1H3,(H,30,35)(H,36,37). The number of nitrogens with zero attached hydrogens (tertiary/aromatic N) is 3. The lowest BCUT2D eigenvalue weighted by Crippen LogP contribution is -2.33. The lowest BCUT2D eigenvalue weighted by molar-refractivity contribution is -0.119. The maximum absolute atomic E-state index is 13.2. The monoisotopic (exact) mass is 540 g/mol. The number of pyridine rings is 1. The Kier molecular flexibility index (Phi) is 7.66. The normalized spacial score (nSPS) is 11.8. The Balaban J connectivity index is 1.71. The second kappa shape index (κ2) is 10.9. The number of aromatic hydroxyl groups is 1. The van der Waals surface area contributed by atoms with Crippen LogP contribution in [0.1, 0.15) is 36.2 Å². The summed E-state index contributed by atoms with van der Waals surface area (Å²) in [4.78, 5) is 41.4. The summed E-state index contributed by atoms with van der Waals surface area (Å²) in [5.41, 5.74) is 1.24. The van der Waals surface area contributed by atoms with Crippen molar-refractivity contribution in [3.63, 3.8) is 0 Å². The summed E-state index contributed by atoms with van der Waals surface area (Å²) >= 11 is 12.2. The topological polar surface area (TPSA) is 126 Å². The molecule has 0 saturated carbocycles. The van der Waals surface area contributed by atoms with E-state index in [1.165, 1.54) is 47.4 Å². The number of halogens is 2. The zero-order valence-electron chi connectivity index (χ0n) is 19.6. The molecule has 0 saturated heterocycles. The first kappa shape index (κ1) is 26.0. The third kappa shape index (κ3) is 5.68. The third-order valence-electron chi connectivity index (χ3n) is 5.74. The number of carbonyl (C=O) groups excluding carboxylic acids is 1. The summed E-state index contributed by atoms with van der Waals surface area (Å²) in [6, 6.07) is 11.0. The van der Waals surface area contributed by atoms with Gasteiger partial charge in [-0.2, -0.15) is 0 Å². The second-order valence-electron chi connectivity index (χ2n) is 8.26. The highest BCUT2D eigenvalue weighted by molar-refractivity contribution is 6.31. The zero-order valence-corrected chi connectivity index (χ0v) is 21.1. The molecule has 0 spiro atoms. The number of aromatic carboxylic acids is 1. The van der Waals surface area contributed by atoms with Crippen molar-refractivity contribution in [3.8, 4) is 22.6 Å². The van der Waals surface area contributed by atoms with Crippen LogP contribution in [0.2, 0.25) is 10.2 Å². The number of carboxylic acid groups (broad SMARTS) is 1. The number of nitrogens with one attached hydrogen (secondary N) is 1. The molecule has 9 nitrogen and oxygen atoms in total. The summed E-state index contributed by atoms with van der Waals surface area (Å²) in [6.45, 7) is 1.87. The van der Waals surface area contributed by atoms with Gasteiger partial charge in [0.1, 0.15) is 23.3 Å². The minimum Gasteiger partial charge on any atom is -0.506 e. The Morgan fingerprint density at radius 2 is 1.78 bits per heavy atom. The number of carbonyl (C=O) groups is 2. The van der Waals surface area contributed by atoms with Gasteiger partial charge < -0.3 is 20.1 Å². The average molecular weight is 541 g/mol. The highest BCUT2D eigenvalue weighted by Gasteiger charge is 2.23. The zero-order chi connectivity index (χ0) is 26.7. The number of hydrogen-bond donors (Lipinski definition) is 3. The van der Waals surface area contributed by atoms with Gasteiger partial charge in [-0.05, 0) is 48.9 Å². The molecule has 0 bridgehead atoms. The molecule has 3 N–H and O–H groups in total. The van der Waals surface area contributed by atoms with Crippen LogP contribution in [0.3, 0.4) is 0 Å². The van der Waals surface area contributed by atoms with Gasteiger partial charge in [-0.1, -0.05) is 36.5 Å². The number of carboxylic acids is 1. The van der Waals surface area contributed by atoms with Crippen LogP contribution in [0.15, 0.2) is 72.0 Å². The lowest BCUT2D eigenvalue weighted by atomic mass is 10.0. The Bertz CT molecular complexity index is 1530. The van der Waals surface area contributed by atoms with Crippen molar-refractivity contribution in [1.82, 2.24) is 14.1 Å². The van der Waals surface area contributed by atoms with Gasteiger partial charge in [0.2, 0.25) is 5.91 Å². The van der Waals surface area contributed by atoms with Gasteiger partial charge in [0.25, 0.3) is 5.56 Å². The fourth-order valence-corrected chi connectivity index (χ4v) is 4.29. The lowest BCUT2D eigenvalue weighted by Gasteiger charge is -2.20.